The molecule has 0 aliphatic heterocycles. The van der Waals surface area contributed by atoms with Crippen molar-refractivity contribution in [3.8, 4) is 0 Å². The second kappa shape index (κ2) is 56.4. The van der Waals surface area contributed by atoms with Gasteiger partial charge in [0.25, 0.3) is 0 Å². The Bertz CT molecular complexity index is 1220. The maximum atomic E-state index is 12.8. The largest absolute Gasteiger partial charge is 0.462 e. The van der Waals surface area contributed by atoms with E-state index in [1.165, 1.54) is 135 Å². The highest BCUT2D eigenvalue weighted by atomic mass is 16.6. The molecule has 0 amide bonds. The Hall–Kier alpha value is -2.92. The summed E-state index contributed by atoms with van der Waals surface area (Å²) in [6.07, 6.45) is 74.5. The number of hydrogen-bond donors (Lipinski definition) is 0. The highest BCUT2D eigenvalue weighted by Gasteiger charge is 2.17. The normalized spacial score (nSPS) is 12.8. The van der Waals surface area contributed by atoms with Crippen LogP contribution in [0.4, 0.5) is 0 Å². The van der Waals surface area contributed by atoms with Crippen LogP contribution in [-0.2, 0) is 23.8 Å². The number of unbranched alkanes of at least 4 members (excludes halogenated alkanes) is 26. The van der Waals surface area contributed by atoms with Crippen LogP contribution < -0.4 is 0 Å². The second-order valence-corrected chi connectivity index (χ2v) is 18.4. The van der Waals surface area contributed by atoms with E-state index in [9.17, 15) is 9.59 Å². The minimum atomic E-state index is -0.548. The Balaban J connectivity index is 4.29. The molecular weight excluding hydrogens is 813 g/mol. The summed E-state index contributed by atoms with van der Waals surface area (Å²) in [5.41, 5.74) is 0. The maximum Gasteiger partial charge on any atom is 0.306 e. The number of rotatable bonds is 51. The van der Waals surface area contributed by atoms with Crippen molar-refractivity contribution in [2.75, 3.05) is 19.8 Å². The van der Waals surface area contributed by atoms with Gasteiger partial charge in [-0.1, -0.05) is 247 Å². The summed E-state index contributed by atoms with van der Waals surface area (Å²) in [6, 6.07) is 0. The van der Waals surface area contributed by atoms with Gasteiger partial charge in [0.1, 0.15) is 6.61 Å². The van der Waals surface area contributed by atoms with E-state index >= 15 is 0 Å². The third-order valence-electron chi connectivity index (χ3n) is 11.9. The molecule has 0 N–H and O–H groups in total. The van der Waals surface area contributed by atoms with Crippen LogP contribution in [0.3, 0.4) is 0 Å². The van der Waals surface area contributed by atoms with Gasteiger partial charge in [0.15, 0.2) is 6.10 Å². The van der Waals surface area contributed by atoms with Crippen LogP contribution in [0.25, 0.3) is 0 Å². The summed E-state index contributed by atoms with van der Waals surface area (Å²) in [5.74, 6) is -0.411. The molecule has 0 aromatic carbocycles. The fourth-order valence-electron chi connectivity index (χ4n) is 7.81. The first-order valence-electron chi connectivity index (χ1n) is 28.1. The first-order chi connectivity index (χ1) is 32.6. The van der Waals surface area contributed by atoms with Crippen LogP contribution in [-0.4, -0.2) is 37.9 Å². The zero-order valence-corrected chi connectivity index (χ0v) is 43.7. The molecule has 0 aliphatic carbocycles. The first-order valence-corrected chi connectivity index (χ1v) is 28.1. The highest BCUT2D eigenvalue weighted by Crippen LogP contribution is 2.15. The molecule has 66 heavy (non-hydrogen) atoms. The lowest BCUT2D eigenvalue weighted by Gasteiger charge is -2.18. The summed E-state index contributed by atoms with van der Waals surface area (Å²) in [7, 11) is 0. The molecule has 0 saturated heterocycles. The molecule has 1 atom stereocenters. The smallest absolute Gasteiger partial charge is 0.306 e. The zero-order chi connectivity index (χ0) is 47.7. The van der Waals surface area contributed by atoms with Gasteiger partial charge in [0.05, 0.1) is 6.61 Å². The van der Waals surface area contributed by atoms with E-state index in [0.29, 0.717) is 19.4 Å². The Morgan fingerprint density at radius 1 is 0.348 bits per heavy atom. The van der Waals surface area contributed by atoms with E-state index in [1.54, 1.807) is 0 Å². The molecule has 5 heteroatoms. The van der Waals surface area contributed by atoms with E-state index < -0.39 is 6.10 Å². The number of esters is 2. The summed E-state index contributed by atoms with van der Waals surface area (Å²) in [5, 5.41) is 0. The van der Waals surface area contributed by atoms with Gasteiger partial charge in [0.2, 0.25) is 0 Å². The molecule has 5 nitrogen and oxygen atoms in total. The van der Waals surface area contributed by atoms with Gasteiger partial charge in [-0.05, 0) is 89.9 Å². The van der Waals surface area contributed by atoms with Crippen molar-refractivity contribution >= 4 is 11.9 Å². The molecule has 0 rings (SSSR count). The van der Waals surface area contributed by atoms with Gasteiger partial charge in [-0.3, -0.25) is 9.59 Å². The predicted molar refractivity (Wildman–Crippen MR) is 288 cm³/mol. The first kappa shape index (κ1) is 63.1. The average molecular weight is 920 g/mol. The van der Waals surface area contributed by atoms with E-state index in [2.05, 4.69) is 106 Å². The van der Waals surface area contributed by atoms with Gasteiger partial charge >= 0.3 is 11.9 Å². The molecule has 0 bridgehead atoms. The van der Waals surface area contributed by atoms with E-state index in [-0.39, 0.29) is 25.2 Å². The van der Waals surface area contributed by atoms with Gasteiger partial charge in [0, 0.05) is 19.4 Å². The SMILES string of the molecule is CC/C=C\C/C=C\C/C=C\C/C=C\CCCCCCCCC(=O)OCC(COCCCCCCCCCC/C=C\C/C=C\C/C=C\CC)OC(=O)CCCCCCCCCCCCCCC. The van der Waals surface area contributed by atoms with Crippen LogP contribution >= 0.6 is 0 Å². The Morgan fingerprint density at radius 2 is 0.682 bits per heavy atom. The minimum absolute atomic E-state index is 0.0737. The standard InChI is InChI=1S/C61H106O5/c1-4-7-10-13-16-19-22-25-27-29-31-32-34-37-39-42-45-48-51-54-60(62)65-58-59(66-61(63)55-52-49-46-43-40-36-24-21-18-15-12-9-6-3)57-64-56-53-50-47-44-41-38-35-33-30-28-26-23-20-17-14-11-8-5-2/h7-8,10-11,16-17,19-20,25-28,31-32,59H,4-6,9,12-15,18,21-24,29-30,33-58H2,1-3H3/b10-7-,11-8-,19-16-,20-17-,27-25-,28-26-,32-31-. The number of hydrogen-bond acceptors (Lipinski definition) is 5. The summed E-state index contributed by atoms with van der Waals surface area (Å²) >= 11 is 0. The van der Waals surface area contributed by atoms with Gasteiger partial charge < -0.3 is 14.2 Å². The monoisotopic (exact) mass is 919 g/mol. The lowest BCUT2D eigenvalue weighted by atomic mass is 10.0. The van der Waals surface area contributed by atoms with Crippen molar-refractivity contribution in [1.82, 2.24) is 0 Å². The molecule has 0 spiro atoms. The predicted octanol–water partition coefficient (Wildman–Crippen LogP) is 19.2. The molecule has 1 unspecified atom stereocenters. The van der Waals surface area contributed by atoms with Crippen LogP contribution in [0.1, 0.15) is 265 Å². The fourth-order valence-corrected chi connectivity index (χ4v) is 7.81. The number of carbonyl (C=O) groups is 2. The quantitative estimate of drug-likeness (QED) is 0.0346. The van der Waals surface area contributed by atoms with Crippen LogP contribution in [0.15, 0.2) is 85.1 Å². The molecular formula is C61H106O5. The molecule has 0 aromatic heterocycles. The van der Waals surface area contributed by atoms with Crippen molar-refractivity contribution in [2.45, 2.75) is 271 Å². The van der Waals surface area contributed by atoms with Crippen molar-refractivity contribution in [2.24, 2.45) is 0 Å². The Morgan fingerprint density at radius 3 is 1.09 bits per heavy atom. The van der Waals surface area contributed by atoms with E-state index in [4.69, 9.17) is 14.2 Å². The zero-order valence-electron chi connectivity index (χ0n) is 43.7. The van der Waals surface area contributed by atoms with Crippen LogP contribution in [0, 0.1) is 0 Å². The highest BCUT2D eigenvalue weighted by molar-refractivity contribution is 5.70. The lowest BCUT2D eigenvalue weighted by molar-refractivity contribution is -0.163. The molecule has 0 heterocycles. The minimum Gasteiger partial charge on any atom is -0.462 e. The third-order valence-corrected chi connectivity index (χ3v) is 11.9. The molecule has 0 fully saturated rings. The maximum absolute atomic E-state index is 12.8. The van der Waals surface area contributed by atoms with Crippen LogP contribution in [0.2, 0.25) is 0 Å². The average Bonchev–Trinajstić information content (AvgIpc) is 3.32. The molecule has 0 saturated carbocycles. The van der Waals surface area contributed by atoms with E-state index in [0.717, 1.165) is 96.3 Å². The van der Waals surface area contributed by atoms with Crippen molar-refractivity contribution in [1.29, 1.82) is 0 Å². The molecule has 0 aromatic rings. The van der Waals surface area contributed by atoms with Crippen molar-refractivity contribution < 1.29 is 23.8 Å². The number of ether oxygens (including phenoxy) is 3. The number of allylic oxidation sites excluding steroid dienone is 14. The summed E-state index contributed by atoms with van der Waals surface area (Å²) in [4.78, 5) is 25.5. The van der Waals surface area contributed by atoms with Crippen molar-refractivity contribution in [3.63, 3.8) is 0 Å². The summed E-state index contributed by atoms with van der Waals surface area (Å²) in [6.45, 7) is 7.60. The van der Waals surface area contributed by atoms with Crippen LogP contribution in [0.5, 0.6) is 0 Å². The topological polar surface area (TPSA) is 61.8 Å². The van der Waals surface area contributed by atoms with Gasteiger partial charge in [-0.25, -0.2) is 0 Å². The van der Waals surface area contributed by atoms with E-state index in [1.807, 2.05) is 0 Å². The third kappa shape index (κ3) is 53.7. The fraction of sp³-hybridized carbons (Fsp3) is 0.738. The Kier molecular flexibility index (Phi) is 53.9. The lowest BCUT2D eigenvalue weighted by Crippen LogP contribution is -2.30. The molecule has 380 valence electrons. The summed E-state index contributed by atoms with van der Waals surface area (Å²) < 4.78 is 17.5. The van der Waals surface area contributed by atoms with Crippen molar-refractivity contribution in [3.05, 3.63) is 85.1 Å². The second-order valence-electron chi connectivity index (χ2n) is 18.4. The number of carbonyl (C=O) groups excluding carboxylic acids is 2. The molecule has 0 radical (unpaired) electrons. The van der Waals surface area contributed by atoms with Gasteiger partial charge in [-0.15, -0.1) is 0 Å². The Labute approximate surface area is 409 Å². The molecule has 0 aliphatic rings. The van der Waals surface area contributed by atoms with Gasteiger partial charge in [-0.2, -0.15) is 0 Å².